The van der Waals surface area contributed by atoms with Crippen molar-refractivity contribution in [3.05, 3.63) is 53.6 Å². The molecule has 0 fully saturated rings. The molecule has 1 aliphatic rings. The molecule has 1 atom stereocenters. The average molecular weight is 184 g/mol. The van der Waals surface area contributed by atoms with Crippen LogP contribution < -0.4 is 5.32 Å². The van der Waals surface area contributed by atoms with Gasteiger partial charge in [-0.1, -0.05) is 24.3 Å². The van der Waals surface area contributed by atoms with Crippen LogP contribution in [-0.2, 0) is 6.54 Å². The van der Waals surface area contributed by atoms with E-state index in [-0.39, 0.29) is 6.04 Å². The van der Waals surface area contributed by atoms with Gasteiger partial charge >= 0.3 is 0 Å². The van der Waals surface area contributed by atoms with Crippen LogP contribution in [0.5, 0.6) is 0 Å². The highest BCUT2D eigenvalue weighted by molar-refractivity contribution is 5.38. The van der Waals surface area contributed by atoms with Crippen molar-refractivity contribution in [2.24, 2.45) is 0 Å². The lowest BCUT2D eigenvalue weighted by molar-refractivity contribution is 0.653. The Labute approximate surface area is 82.2 Å². The fourth-order valence-corrected chi connectivity index (χ4v) is 1.95. The number of hydrogen-bond donors (Lipinski definition) is 2. The molecule has 0 bridgehead atoms. The minimum atomic E-state index is 0.230. The molecule has 0 amide bonds. The summed E-state index contributed by atoms with van der Waals surface area (Å²) in [6.07, 6.45) is 4.61. The maximum Gasteiger partial charge on any atom is 0.173 e. The summed E-state index contributed by atoms with van der Waals surface area (Å²) >= 11 is 0. The van der Waals surface area contributed by atoms with Crippen LogP contribution >= 0.6 is 0 Å². The van der Waals surface area contributed by atoms with E-state index in [1.165, 1.54) is 11.1 Å². The Kier molecular flexibility index (Phi) is 1.64. The van der Waals surface area contributed by atoms with Crippen LogP contribution in [0.4, 0.5) is 0 Å². The first kappa shape index (κ1) is 7.76. The maximum atomic E-state index is 4.15. The standard InChI is InChI=1S/C11H10N3/c1-2-4-9-8(3-1)5-13-11(9)10-6-12-7-14-10/h1-4,6,11,13H,5H2,(H,12,14). The smallest absolute Gasteiger partial charge is 0.173 e. The Morgan fingerprint density at radius 1 is 1.36 bits per heavy atom. The van der Waals surface area contributed by atoms with Crippen molar-refractivity contribution >= 4 is 0 Å². The van der Waals surface area contributed by atoms with Crippen molar-refractivity contribution < 1.29 is 0 Å². The molecule has 2 N–H and O–H groups in total. The molecule has 3 nitrogen and oxygen atoms in total. The predicted octanol–water partition coefficient (Wildman–Crippen LogP) is 1.40. The van der Waals surface area contributed by atoms with E-state index >= 15 is 0 Å². The van der Waals surface area contributed by atoms with Crippen molar-refractivity contribution in [3.8, 4) is 0 Å². The molecule has 1 unspecified atom stereocenters. The third-order valence-corrected chi connectivity index (χ3v) is 2.63. The van der Waals surface area contributed by atoms with E-state index in [0.29, 0.717) is 0 Å². The minimum Gasteiger partial charge on any atom is -0.342 e. The molecular weight excluding hydrogens is 174 g/mol. The number of nitrogens with zero attached hydrogens (tertiary/aromatic N) is 1. The Morgan fingerprint density at radius 3 is 3.14 bits per heavy atom. The number of benzene rings is 1. The van der Waals surface area contributed by atoms with Gasteiger partial charge in [-0.3, -0.25) is 0 Å². The van der Waals surface area contributed by atoms with Gasteiger partial charge in [0.15, 0.2) is 6.33 Å². The summed E-state index contributed by atoms with van der Waals surface area (Å²) in [5, 5.41) is 3.42. The van der Waals surface area contributed by atoms with Gasteiger partial charge in [0.05, 0.1) is 11.7 Å². The predicted molar refractivity (Wildman–Crippen MR) is 52.5 cm³/mol. The summed E-state index contributed by atoms with van der Waals surface area (Å²) < 4.78 is 0. The molecule has 1 radical (unpaired) electrons. The van der Waals surface area contributed by atoms with Gasteiger partial charge in [-0.15, -0.1) is 0 Å². The molecule has 3 rings (SSSR count). The van der Waals surface area contributed by atoms with E-state index in [1.807, 2.05) is 6.20 Å². The Bertz CT molecular complexity index is 434. The Balaban J connectivity index is 2.06. The monoisotopic (exact) mass is 184 g/mol. The van der Waals surface area contributed by atoms with Gasteiger partial charge in [0, 0.05) is 12.7 Å². The molecule has 69 valence electrons. The zero-order valence-electron chi connectivity index (χ0n) is 7.62. The van der Waals surface area contributed by atoms with Crippen LogP contribution in [0.1, 0.15) is 22.9 Å². The number of rotatable bonds is 1. The minimum absolute atomic E-state index is 0.230. The van der Waals surface area contributed by atoms with E-state index < -0.39 is 0 Å². The summed E-state index contributed by atoms with van der Waals surface area (Å²) in [6.45, 7) is 0.924. The van der Waals surface area contributed by atoms with Crippen LogP contribution in [0.2, 0.25) is 0 Å². The van der Waals surface area contributed by atoms with E-state index in [4.69, 9.17) is 0 Å². The number of aromatic amines is 1. The second kappa shape index (κ2) is 2.96. The number of H-pyrrole nitrogens is 1. The lowest BCUT2D eigenvalue weighted by Gasteiger charge is -2.07. The zero-order chi connectivity index (χ0) is 9.38. The van der Waals surface area contributed by atoms with Crippen LogP contribution in [0, 0.1) is 6.33 Å². The second-order valence-electron chi connectivity index (χ2n) is 3.45. The third-order valence-electron chi connectivity index (χ3n) is 2.63. The number of nitrogens with one attached hydrogen (secondary N) is 2. The van der Waals surface area contributed by atoms with Gasteiger partial charge in [0.1, 0.15) is 0 Å². The molecule has 0 saturated heterocycles. The van der Waals surface area contributed by atoms with E-state index in [1.54, 1.807) is 0 Å². The molecule has 0 aliphatic carbocycles. The highest BCUT2D eigenvalue weighted by atomic mass is 15.0. The van der Waals surface area contributed by atoms with Crippen LogP contribution in [0.25, 0.3) is 0 Å². The number of fused-ring (bicyclic) bond motifs is 1. The Morgan fingerprint density at radius 2 is 2.29 bits per heavy atom. The van der Waals surface area contributed by atoms with Crippen molar-refractivity contribution in [1.29, 1.82) is 0 Å². The molecule has 1 aromatic carbocycles. The molecule has 14 heavy (non-hydrogen) atoms. The number of imidazole rings is 1. The van der Waals surface area contributed by atoms with Crippen molar-refractivity contribution in [2.45, 2.75) is 12.6 Å². The fraction of sp³-hybridized carbons (Fsp3) is 0.182. The quantitative estimate of drug-likeness (QED) is 0.703. The van der Waals surface area contributed by atoms with Crippen molar-refractivity contribution in [1.82, 2.24) is 15.3 Å². The highest BCUT2D eigenvalue weighted by Crippen LogP contribution is 2.28. The van der Waals surface area contributed by atoms with Gasteiger partial charge in [0.25, 0.3) is 0 Å². The normalized spacial score (nSPS) is 19.6. The van der Waals surface area contributed by atoms with E-state index in [0.717, 1.165) is 12.2 Å². The van der Waals surface area contributed by atoms with Crippen LogP contribution in [-0.4, -0.2) is 9.97 Å². The zero-order valence-corrected chi connectivity index (χ0v) is 7.62. The number of aromatic nitrogens is 2. The molecule has 1 aliphatic heterocycles. The first-order valence-electron chi connectivity index (χ1n) is 4.68. The molecule has 2 aromatic rings. The Hall–Kier alpha value is -1.61. The first-order chi connectivity index (χ1) is 6.95. The van der Waals surface area contributed by atoms with Gasteiger partial charge in [0.2, 0.25) is 0 Å². The molecular formula is C11H10N3. The summed E-state index contributed by atoms with van der Waals surface area (Å²) in [4.78, 5) is 7.02. The van der Waals surface area contributed by atoms with Crippen molar-refractivity contribution in [3.63, 3.8) is 0 Å². The van der Waals surface area contributed by atoms with Crippen LogP contribution in [0.3, 0.4) is 0 Å². The number of hydrogen-bond acceptors (Lipinski definition) is 2. The van der Waals surface area contributed by atoms with Gasteiger partial charge in [-0.2, -0.15) is 0 Å². The third kappa shape index (κ3) is 1.06. The molecule has 0 saturated carbocycles. The van der Waals surface area contributed by atoms with Gasteiger partial charge < -0.3 is 10.3 Å². The van der Waals surface area contributed by atoms with Gasteiger partial charge in [-0.25, -0.2) is 4.98 Å². The van der Waals surface area contributed by atoms with Crippen LogP contribution in [0.15, 0.2) is 30.5 Å². The summed E-state index contributed by atoms with van der Waals surface area (Å²) in [5.74, 6) is 0. The molecule has 1 aromatic heterocycles. The lowest BCUT2D eigenvalue weighted by Crippen LogP contribution is -2.13. The molecule has 0 spiro atoms. The summed E-state index contributed by atoms with van der Waals surface area (Å²) in [7, 11) is 0. The lowest BCUT2D eigenvalue weighted by atomic mass is 10.0. The highest BCUT2D eigenvalue weighted by Gasteiger charge is 2.23. The average Bonchev–Trinajstić information content (AvgIpc) is 2.85. The summed E-state index contributed by atoms with van der Waals surface area (Å²) in [6, 6.07) is 8.66. The topological polar surface area (TPSA) is 40.7 Å². The molecule has 2 heterocycles. The van der Waals surface area contributed by atoms with E-state index in [9.17, 15) is 0 Å². The largest absolute Gasteiger partial charge is 0.342 e. The first-order valence-corrected chi connectivity index (χ1v) is 4.68. The van der Waals surface area contributed by atoms with E-state index in [2.05, 4.69) is 45.9 Å². The van der Waals surface area contributed by atoms with Gasteiger partial charge in [-0.05, 0) is 11.1 Å². The molecule has 3 heteroatoms. The SMILES string of the molecule is [c]1nc(C2NCc3ccccc32)c[nH]1. The maximum absolute atomic E-state index is 4.15. The van der Waals surface area contributed by atoms with Crippen molar-refractivity contribution in [2.75, 3.05) is 0 Å². The fourth-order valence-electron chi connectivity index (χ4n) is 1.95. The second-order valence-corrected chi connectivity index (χ2v) is 3.45. The summed E-state index contributed by atoms with van der Waals surface area (Å²) in [5.41, 5.74) is 3.70.